The molecule has 1 aromatic rings. The molecule has 2 N–H and O–H groups in total. The average Bonchev–Trinajstić information content (AvgIpc) is 2.96. The number of nitrogens with one attached hydrogen (secondary N) is 2. The predicted molar refractivity (Wildman–Crippen MR) is 70.1 cm³/mol. The molecule has 6 heteroatoms. The number of nitrogens with zero attached hydrogens (tertiary/aromatic N) is 2. The van der Waals surface area contributed by atoms with Crippen molar-refractivity contribution >= 4 is 17.5 Å². The third-order valence-electron chi connectivity index (χ3n) is 2.86. The topological polar surface area (TPSA) is 83.5 Å². The van der Waals surface area contributed by atoms with Gasteiger partial charge in [-0.1, -0.05) is 6.07 Å². The fourth-order valence-corrected chi connectivity index (χ4v) is 1.83. The van der Waals surface area contributed by atoms with Crippen LogP contribution in [0.2, 0.25) is 0 Å². The van der Waals surface area contributed by atoms with Crippen LogP contribution in [-0.2, 0) is 16.1 Å². The molecule has 100 valence electrons. The van der Waals surface area contributed by atoms with Crippen LogP contribution >= 0.6 is 0 Å². The number of hydrazone groups is 1. The summed E-state index contributed by atoms with van der Waals surface area (Å²) >= 11 is 0. The molecule has 1 fully saturated rings. The van der Waals surface area contributed by atoms with E-state index in [1.807, 2.05) is 6.07 Å². The van der Waals surface area contributed by atoms with Crippen molar-refractivity contribution < 1.29 is 9.59 Å². The molecule has 0 spiro atoms. The number of hydrogen-bond acceptors (Lipinski definition) is 4. The maximum atomic E-state index is 11.5. The van der Waals surface area contributed by atoms with Gasteiger partial charge in [-0.2, -0.15) is 5.10 Å². The second-order valence-corrected chi connectivity index (χ2v) is 4.33. The summed E-state index contributed by atoms with van der Waals surface area (Å²) in [6, 6.07) is 5.38. The molecular weight excluding hydrogens is 244 g/mol. The fourth-order valence-electron chi connectivity index (χ4n) is 1.83. The van der Waals surface area contributed by atoms with Crippen LogP contribution < -0.4 is 10.7 Å². The van der Waals surface area contributed by atoms with Crippen molar-refractivity contribution in [1.29, 1.82) is 0 Å². The van der Waals surface area contributed by atoms with E-state index in [1.165, 1.54) is 0 Å². The van der Waals surface area contributed by atoms with Gasteiger partial charge < -0.3 is 5.32 Å². The van der Waals surface area contributed by atoms with Crippen LogP contribution in [-0.4, -0.2) is 22.5 Å². The molecule has 0 aromatic carbocycles. The highest BCUT2D eigenvalue weighted by Gasteiger charge is 2.14. The summed E-state index contributed by atoms with van der Waals surface area (Å²) in [5.41, 5.74) is 3.93. The van der Waals surface area contributed by atoms with Gasteiger partial charge in [0.15, 0.2) is 0 Å². The molecule has 1 aliphatic rings. The van der Waals surface area contributed by atoms with E-state index in [0.717, 1.165) is 31.4 Å². The molecule has 2 amide bonds. The molecule has 19 heavy (non-hydrogen) atoms. The van der Waals surface area contributed by atoms with Crippen LogP contribution in [0.4, 0.5) is 0 Å². The van der Waals surface area contributed by atoms with Crippen molar-refractivity contribution in [3.05, 3.63) is 30.1 Å². The van der Waals surface area contributed by atoms with Crippen LogP contribution in [0.15, 0.2) is 29.5 Å². The van der Waals surface area contributed by atoms with Crippen molar-refractivity contribution in [3.63, 3.8) is 0 Å². The molecule has 0 aliphatic heterocycles. The minimum absolute atomic E-state index is 0.226. The smallest absolute Gasteiger partial charge is 0.329 e. The van der Waals surface area contributed by atoms with Crippen molar-refractivity contribution in [1.82, 2.24) is 15.7 Å². The van der Waals surface area contributed by atoms with Crippen molar-refractivity contribution in [2.24, 2.45) is 5.10 Å². The Balaban J connectivity index is 1.76. The monoisotopic (exact) mass is 260 g/mol. The normalized spacial score (nSPS) is 14.0. The predicted octanol–water partition coefficient (Wildman–Crippen LogP) is 0.744. The van der Waals surface area contributed by atoms with Gasteiger partial charge in [0.2, 0.25) is 0 Å². The van der Waals surface area contributed by atoms with Gasteiger partial charge in [-0.05, 0) is 37.8 Å². The summed E-state index contributed by atoms with van der Waals surface area (Å²) < 4.78 is 0. The molecule has 1 heterocycles. The summed E-state index contributed by atoms with van der Waals surface area (Å²) in [7, 11) is 0. The number of carbonyl (C=O) groups excluding carboxylic acids is 2. The zero-order valence-corrected chi connectivity index (χ0v) is 10.6. The Morgan fingerprint density at radius 3 is 2.68 bits per heavy atom. The van der Waals surface area contributed by atoms with Gasteiger partial charge in [-0.3, -0.25) is 14.6 Å². The van der Waals surface area contributed by atoms with E-state index in [1.54, 1.807) is 18.3 Å². The molecule has 6 nitrogen and oxygen atoms in total. The van der Waals surface area contributed by atoms with Gasteiger partial charge in [-0.25, -0.2) is 5.43 Å². The largest absolute Gasteiger partial charge is 0.342 e. The Labute approximate surface area is 111 Å². The first-order chi connectivity index (χ1) is 9.25. The van der Waals surface area contributed by atoms with Crippen molar-refractivity contribution in [2.45, 2.75) is 32.2 Å². The Kier molecular flexibility index (Phi) is 4.60. The van der Waals surface area contributed by atoms with E-state index < -0.39 is 11.8 Å². The first kappa shape index (κ1) is 13.2. The molecule has 0 bridgehead atoms. The number of rotatable bonds is 3. The van der Waals surface area contributed by atoms with Gasteiger partial charge in [0.25, 0.3) is 0 Å². The lowest BCUT2D eigenvalue weighted by molar-refractivity contribution is -0.139. The zero-order chi connectivity index (χ0) is 13.5. The van der Waals surface area contributed by atoms with Gasteiger partial charge >= 0.3 is 11.8 Å². The molecule has 1 aromatic heterocycles. The van der Waals surface area contributed by atoms with Gasteiger partial charge in [0.1, 0.15) is 0 Å². The number of hydrogen-bond donors (Lipinski definition) is 2. The van der Waals surface area contributed by atoms with Crippen LogP contribution in [0.25, 0.3) is 0 Å². The molecular formula is C13H16N4O2. The first-order valence-corrected chi connectivity index (χ1v) is 6.29. The van der Waals surface area contributed by atoms with Crippen molar-refractivity contribution in [3.8, 4) is 0 Å². The molecule has 0 radical (unpaired) electrons. The molecule has 0 unspecified atom stereocenters. The lowest BCUT2D eigenvalue weighted by Gasteiger charge is -2.03. The van der Waals surface area contributed by atoms with Crippen molar-refractivity contribution in [2.75, 3.05) is 0 Å². The van der Waals surface area contributed by atoms with Crippen LogP contribution in [0.1, 0.15) is 31.4 Å². The van der Waals surface area contributed by atoms with Gasteiger partial charge in [0, 0.05) is 11.9 Å². The Bertz CT molecular complexity index is 477. The van der Waals surface area contributed by atoms with Crippen LogP contribution in [0, 0.1) is 0 Å². The molecule has 0 saturated heterocycles. The van der Waals surface area contributed by atoms with Crippen LogP contribution in [0.5, 0.6) is 0 Å². The van der Waals surface area contributed by atoms with E-state index in [9.17, 15) is 9.59 Å². The second kappa shape index (κ2) is 6.63. The SMILES string of the molecule is O=C(NCc1ccccn1)C(=O)NN=C1CCCC1. The minimum Gasteiger partial charge on any atom is -0.342 e. The quantitative estimate of drug-likeness (QED) is 0.621. The molecule has 0 atom stereocenters. The van der Waals surface area contributed by atoms with Crippen LogP contribution in [0.3, 0.4) is 0 Å². The Hall–Kier alpha value is -2.24. The van der Waals surface area contributed by atoms with Gasteiger partial charge in [0.05, 0.1) is 12.2 Å². The zero-order valence-electron chi connectivity index (χ0n) is 10.6. The second-order valence-electron chi connectivity index (χ2n) is 4.33. The summed E-state index contributed by atoms with van der Waals surface area (Å²) in [5, 5.41) is 6.43. The highest BCUT2D eigenvalue weighted by atomic mass is 16.2. The fraction of sp³-hybridized carbons (Fsp3) is 0.385. The minimum atomic E-state index is -0.740. The third kappa shape index (κ3) is 4.17. The van der Waals surface area contributed by atoms with Gasteiger partial charge in [-0.15, -0.1) is 0 Å². The highest BCUT2D eigenvalue weighted by molar-refractivity contribution is 6.35. The summed E-state index contributed by atoms with van der Waals surface area (Å²) in [6.45, 7) is 0.226. The Morgan fingerprint density at radius 2 is 2.00 bits per heavy atom. The van der Waals surface area contributed by atoms with E-state index in [0.29, 0.717) is 5.69 Å². The summed E-state index contributed by atoms with van der Waals surface area (Å²) in [4.78, 5) is 27.0. The lowest BCUT2D eigenvalue weighted by Crippen LogP contribution is -2.37. The molecule has 1 aliphatic carbocycles. The maximum absolute atomic E-state index is 11.5. The van der Waals surface area contributed by atoms with E-state index in [-0.39, 0.29) is 6.54 Å². The lowest BCUT2D eigenvalue weighted by atomic mass is 10.3. The summed E-state index contributed by atoms with van der Waals surface area (Å²) in [5.74, 6) is -1.44. The van der Waals surface area contributed by atoms with E-state index in [4.69, 9.17) is 0 Å². The molecule has 1 saturated carbocycles. The number of amides is 2. The standard InChI is InChI=1S/C13H16N4O2/c18-12(15-9-11-7-3-4-8-14-11)13(19)17-16-10-5-1-2-6-10/h3-4,7-8H,1-2,5-6,9H2,(H,15,18)(H,17,19). The first-order valence-electron chi connectivity index (χ1n) is 6.29. The third-order valence-corrected chi connectivity index (χ3v) is 2.86. The molecule has 2 rings (SSSR count). The number of aromatic nitrogens is 1. The number of pyridine rings is 1. The average molecular weight is 260 g/mol. The highest BCUT2D eigenvalue weighted by Crippen LogP contribution is 2.13. The van der Waals surface area contributed by atoms with E-state index >= 15 is 0 Å². The summed E-state index contributed by atoms with van der Waals surface area (Å²) in [6.07, 6.45) is 5.63. The Morgan fingerprint density at radius 1 is 1.21 bits per heavy atom. The maximum Gasteiger partial charge on any atom is 0.329 e. The van der Waals surface area contributed by atoms with E-state index in [2.05, 4.69) is 20.8 Å². The number of carbonyl (C=O) groups is 2.